The Kier molecular flexibility index (Phi) is 5.17. The lowest BCUT2D eigenvalue weighted by Gasteiger charge is -2.16. The summed E-state index contributed by atoms with van der Waals surface area (Å²) < 4.78 is 32.8. The minimum Gasteiger partial charge on any atom is -0.415 e. The maximum atomic E-state index is 12.2. The Morgan fingerprint density at radius 1 is 1.11 bits per heavy atom. The van der Waals surface area contributed by atoms with E-state index in [0.29, 0.717) is 5.69 Å². The zero-order valence-corrected chi connectivity index (χ0v) is 15.2. The molecular weight excluding hydrogens is 396 g/mol. The van der Waals surface area contributed by atoms with Crippen LogP contribution in [-0.4, -0.2) is 26.6 Å². The standard InChI is InChI=1S/C17H13ClN2O6S/c18-13-14(20-11-6-8-12(9-7-11)27(19,23)24)17(26-16(13)22)25-15(21)10-4-2-1-3-5-10/h1-9,17,20H,(H2,19,23,24). The van der Waals surface area contributed by atoms with Crippen LogP contribution in [0.25, 0.3) is 0 Å². The SMILES string of the molecule is NS(=O)(=O)c1ccc(NC2=C(Cl)C(=O)OC2OC(=O)c2ccccc2)cc1. The molecule has 27 heavy (non-hydrogen) atoms. The minimum absolute atomic E-state index is 0.0225. The van der Waals surface area contributed by atoms with Crippen LogP contribution >= 0.6 is 11.6 Å². The van der Waals surface area contributed by atoms with E-state index >= 15 is 0 Å². The molecule has 0 saturated heterocycles. The third-order valence-corrected chi connectivity index (χ3v) is 4.84. The Morgan fingerprint density at radius 2 is 1.74 bits per heavy atom. The molecule has 8 nitrogen and oxygen atoms in total. The van der Waals surface area contributed by atoms with Crippen LogP contribution in [0.3, 0.4) is 0 Å². The molecule has 10 heteroatoms. The van der Waals surface area contributed by atoms with Crippen molar-refractivity contribution in [2.45, 2.75) is 11.2 Å². The number of rotatable bonds is 5. The van der Waals surface area contributed by atoms with Crippen LogP contribution in [0.2, 0.25) is 0 Å². The number of halogens is 1. The molecule has 3 N–H and O–H groups in total. The van der Waals surface area contributed by atoms with Gasteiger partial charge in [-0.15, -0.1) is 0 Å². The zero-order valence-electron chi connectivity index (χ0n) is 13.6. The van der Waals surface area contributed by atoms with Crippen molar-refractivity contribution in [1.29, 1.82) is 0 Å². The maximum Gasteiger partial charge on any atom is 0.355 e. The van der Waals surface area contributed by atoms with E-state index in [2.05, 4.69) is 5.32 Å². The van der Waals surface area contributed by atoms with E-state index < -0.39 is 28.3 Å². The summed E-state index contributed by atoms with van der Waals surface area (Å²) in [5, 5.41) is 7.56. The number of ether oxygens (including phenoxy) is 2. The van der Waals surface area contributed by atoms with Gasteiger partial charge in [0, 0.05) is 5.69 Å². The third-order valence-electron chi connectivity index (χ3n) is 3.55. The van der Waals surface area contributed by atoms with Crippen molar-refractivity contribution in [2.75, 3.05) is 5.32 Å². The Labute approximate surface area is 159 Å². The highest BCUT2D eigenvalue weighted by molar-refractivity contribution is 7.89. The highest BCUT2D eigenvalue weighted by Gasteiger charge is 2.36. The molecule has 0 radical (unpaired) electrons. The molecule has 0 spiro atoms. The number of esters is 2. The predicted molar refractivity (Wildman–Crippen MR) is 96.1 cm³/mol. The first-order valence-corrected chi connectivity index (χ1v) is 9.45. The quantitative estimate of drug-likeness (QED) is 0.724. The smallest absolute Gasteiger partial charge is 0.355 e. The van der Waals surface area contributed by atoms with Crippen molar-refractivity contribution < 1.29 is 27.5 Å². The summed E-state index contributed by atoms with van der Waals surface area (Å²) >= 11 is 5.94. The number of anilines is 1. The lowest BCUT2D eigenvalue weighted by molar-refractivity contribution is -0.152. The van der Waals surface area contributed by atoms with Gasteiger partial charge >= 0.3 is 11.9 Å². The van der Waals surface area contributed by atoms with Gasteiger partial charge in [-0.3, -0.25) is 0 Å². The van der Waals surface area contributed by atoms with E-state index in [1.54, 1.807) is 30.3 Å². The Morgan fingerprint density at radius 3 is 2.33 bits per heavy atom. The number of primary sulfonamides is 1. The largest absolute Gasteiger partial charge is 0.415 e. The molecule has 0 fully saturated rings. The van der Waals surface area contributed by atoms with Crippen LogP contribution in [0, 0.1) is 0 Å². The van der Waals surface area contributed by atoms with E-state index in [-0.39, 0.29) is 21.2 Å². The number of nitrogens with two attached hydrogens (primary N) is 1. The van der Waals surface area contributed by atoms with Gasteiger partial charge in [-0.05, 0) is 36.4 Å². The van der Waals surface area contributed by atoms with Crippen LogP contribution < -0.4 is 10.5 Å². The van der Waals surface area contributed by atoms with Crippen molar-refractivity contribution in [3.05, 3.63) is 70.9 Å². The fraction of sp³-hybridized carbons (Fsp3) is 0.0588. The molecule has 0 aromatic heterocycles. The van der Waals surface area contributed by atoms with Gasteiger partial charge in [0.1, 0.15) is 5.70 Å². The molecule has 1 unspecified atom stereocenters. The van der Waals surface area contributed by atoms with E-state index in [1.165, 1.54) is 24.3 Å². The molecule has 1 aliphatic rings. The van der Waals surface area contributed by atoms with E-state index in [1.807, 2.05) is 0 Å². The summed E-state index contributed by atoms with van der Waals surface area (Å²) in [7, 11) is -3.84. The first-order valence-electron chi connectivity index (χ1n) is 7.52. The molecule has 3 rings (SSSR count). The summed E-state index contributed by atoms with van der Waals surface area (Å²) in [6, 6.07) is 13.5. The zero-order chi connectivity index (χ0) is 19.6. The summed E-state index contributed by atoms with van der Waals surface area (Å²) in [5.74, 6) is -1.56. The molecule has 0 bridgehead atoms. The van der Waals surface area contributed by atoms with Crippen LogP contribution in [0.4, 0.5) is 5.69 Å². The predicted octanol–water partition coefficient (Wildman–Crippen LogP) is 1.94. The third kappa shape index (κ3) is 4.27. The maximum absolute atomic E-state index is 12.2. The average molecular weight is 409 g/mol. The summed E-state index contributed by atoms with van der Waals surface area (Å²) in [5.41, 5.74) is 0.678. The molecule has 0 amide bonds. The van der Waals surface area contributed by atoms with E-state index in [9.17, 15) is 18.0 Å². The number of sulfonamides is 1. The van der Waals surface area contributed by atoms with Gasteiger partial charge in [0.2, 0.25) is 10.0 Å². The van der Waals surface area contributed by atoms with Crippen molar-refractivity contribution in [3.63, 3.8) is 0 Å². The number of cyclic esters (lactones) is 1. The monoisotopic (exact) mass is 408 g/mol. The van der Waals surface area contributed by atoms with Crippen molar-refractivity contribution in [1.82, 2.24) is 0 Å². The van der Waals surface area contributed by atoms with E-state index in [4.69, 9.17) is 26.2 Å². The van der Waals surface area contributed by atoms with Crippen LogP contribution in [-0.2, 0) is 24.3 Å². The molecule has 2 aromatic rings. The number of carbonyl (C=O) groups excluding carboxylic acids is 2. The van der Waals surface area contributed by atoms with Crippen molar-refractivity contribution in [2.24, 2.45) is 5.14 Å². The van der Waals surface area contributed by atoms with Crippen LogP contribution in [0.1, 0.15) is 10.4 Å². The average Bonchev–Trinajstić information content (AvgIpc) is 2.89. The number of hydrogen-bond acceptors (Lipinski definition) is 7. The number of hydrogen-bond donors (Lipinski definition) is 2. The fourth-order valence-corrected chi connectivity index (χ4v) is 2.94. The second-order valence-electron chi connectivity index (χ2n) is 5.43. The van der Waals surface area contributed by atoms with E-state index in [0.717, 1.165) is 0 Å². The lowest BCUT2D eigenvalue weighted by Crippen LogP contribution is -2.24. The van der Waals surface area contributed by atoms with Gasteiger partial charge in [-0.2, -0.15) is 0 Å². The highest BCUT2D eigenvalue weighted by Crippen LogP contribution is 2.29. The molecule has 2 aromatic carbocycles. The highest BCUT2D eigenvalue weighted by atomic mass is 35.5. The summed E-state index contributed by atoms with van der Waals surface area (Å²) in [6.07, 6.45) is -1.37. The van der Waals surface area contributed by atoms with Gasteiger partial charge in [-0.25, -0.2) is 23.1 Å². The number of nitrogens with one attached hydrogen (secondary N) is 1. The minimum atomic E-state index is -3.84. The first-order chi connectivity index (χ1) is 12.8. The second-order valence-corrected chi connectivity index (χ2v) is 7.37. The van der Waals surface area contributed by atoms with Crippen molar-refractivity contribution >= 4 is 39.3 Å². The van der Waals surface area contributed by atoms with Gasteiger partial charge in [0.05, 0.1) is 10.5 Å². The van der Waals surface area contributed by atoms with Gasteiger partial charge in [0.15, 0.2) is 5.03 Å². The van der Waals surface area contributed by atoms with Crippen LogP contribution in [0.15, 0.2) is 70.2 Å². The topological polar surface area (TPSA) is 125 Å². The Hall–Kier alpha value is -2.88. The molecule has 1 aliphatic heterocycles. The number of carbonyl (C=O) groups is 2. The first kappa shape index (κ1) is 18.9. The van der Waals surface area contributed by atoms with Crippen molar-refractivity contribution in [3.8, 4) is 0 Å². The lowest BCUT2D eigenvalue weighted by atomic mass is 10.2. The normalized spacial score (nSPS) is 16.8. The van der Waals surface area contributed by atoms with Gasteiger partial charge < -0.3 is 14.8 Å². The number of benzene rings is 2. The van der Waals surface area contributed by atoms with Crippen LogP contribution in [0.5, 0.6) is 0 Å². The molecule has 0 saturated carbocycles. The summed E-state index contributed by atoms with van der Waals surface area (Å²) in [6.45, 7) is 0. The van der Waals surface area contributed by atoms with Gasteiger partial charge in [0.25, 0.3) is 6.29 Å². The Balaban J connectivity index is 1.79. The molecule has 1 atom stereocenters. The Bertz CT molecular complexity index is 1020. The molecule has 140 valence electrons. The summed E-state index contributed by atoms with van der Waals surface area (Å²) in [4.78, 5) is 23.8. The molecular formula is C17H13ClN2O6S. The molecule has 0 aliphatic carbocycles. The molecule has 1 heterocycles. The second kappa shape index (κ2) is 7.39. The fourth-order valence-electron chi connectivity index (χ4n) is 2.24. The van der Waals surface area contributed by atoms with Gasteiger partial charge in [-0.1, -0.05) is 29.8 Å².